The lowest BCUT2D eigenvalue weighted by molar-refractivity contribution is -0.661. The molecule has 1 aliphatic rings. The summed E-state index contributed by atoms with van der Waals surface area (Å²) < 4.78 is 2.30. The monoisotopic (exact) mass is 322 g/mol. The van der Waals surface area contributed by atoms with Gasteiger partial charge in [0.1, 0.15) is 7.05 Å². The molecule has 2 aromatic rings. The van der Waals surface area contributed by atoms with E-state index in [-0.39, 0.29) is 5.41 Å². The van der Waals surface area contributed by atoms with Gasteiger partial charge in [0.25, 0.3) is 0 Å². The predicted octanol–water partition coefficient (Wildman–Crippen LogP) is 5.78. The van der Waals surface area contributed by atoms with Gasteiger partial charge in [0.2, 0.25) is 5.69 Å². The summed E-state index contributed by atoms with van der Waals surface area (Å²) >= 11 is 0. The van der Waals surface area contributed by atoms with E-state index in [0.29, 0.717) is 11.8 Å². The van der Waals surface area contributed by atoms with Crippen molar-refractivity contribution >= 4 is 0 Å². The molecule has 1 nitrogen and oxygen atoms in total. The summed E-state index contributed by atoms with van der Waals surface area (Å²) in [5.74, 6) is 1.37. The Bertz CT molecular complexity index is 764. The van der Waals surface area contributed by atoms with Crippen LogP contribution in [0.1, 0.15) is 81.5 Å². The summed E-state index contributed by atoms with van der Waals surface area (Å²) in [6.45, 7) is 13.8. The standard InChI is InChI=1S/C23H32N/c1-15-8-9-16(2)20-13-21(17(3)12-19(15)20)22-11-10-18(14-24(22)7)23(4,5)6/h10-16H,8-9H2,1-7H3/q+1. The number of pyridine rings is 1. The van der Waals surface area contributed by atoms with Crippen LogP contribution in [0, 0.1) is 6.92 Å². The van der Waals surface area contributed by atoms with Crippen molar-refractivity contribution in [2.45, 2.75) is 71.6 Å². The van der Waals surface area contributed by atoms with E-state index in [9.17, 15) is 0 Å². The number of hydrogen-bond donors (Lipinski definition) is 0. The number of nitrogens with zero attached hydrogens (tertiary/aromatic N) is 1. The summed E-state index contributed by atoms with van der Waals surface area (Å²) in [5.41, 5.74) is 8.80. The van der Waals surface area contributed by atoms with E-state index >= 15 is 0 Å². The summed E-state index contributed by atoms with van der Waals surface area (Å²) in [6, 6.07) is 9.51. The molecule has 2 unspecified atom stereocenters. The van der Waals surface area contributed by atoms with Crippen molar-refractivity contribution in [1.82, 2.24) is 0 Å². The number of fused-ring (bicyclic) bond motifs is 1. The highest BCUT2D eigenvalue weighted by Gasteiger charge is 2.25. The van der Waals surface area contributed by atoms with Crippen LogP contribution in [0.25, 0.3) is 11.3 Å². The van der Waals surface area contributed by atoms with E-state index in [1.54, 1.807) is 11.1 Å². The average Bonchev–Trinajstić information content (AvgIpc) is 2.50. The molecule has 0 aliphatic heterocycles. The summed E-state index contributed by atoms with van der Waals surface area (Å²) in [4.78, 5) is 0. The minimum Gasteiger partial charge on any atom is -0.201 e. The van der Waals surface area contributed by atoms with Gasteiger partial charge in [0, 0.05) is 17.2 Å². The molecule has 1 aromatic heterocycles. The Labute approximate surface area is 147 Å². The van der Waals surface area contributed by atoms with Gasteiger partial charge in [-0.3, -0.25) is 0 Å². The third kappa shape index (κ3) is 3.01. The summed E-state index contributed by atoms with van der Waals surface area (Å²) in [6.07, 6.45) is 4.92. The number of hydrogen-bond acceptors (Lipinski definition) is 0. The molecule has 0 fully saturated rings. The fourth-order valence-corrected chi connectivity index (χ4v) is 4.02. The number of aryl methyl sites for hydroxylation is 2. The van der Waals surface area contributed by atoms with Crippen LogP contribution in [0.3, 0.4) is 0 Å². The molecule has 0 N–H and O–H groups in total. The zero-order valence-corrected chi connectivity index (χ0v) is 16.4. The third-order valence-corrected chi connectivity index (χ3v) is 5.80. The maximum atomic E-state index is 2.47. The number of benzene rings is 1. The molecule has 0 saturated heterocycles. The maximum Gasteiger partial charge on any atom is 0.212 e. The van der Waals surface area contributed by atoms with Crippen LogP contribution in [0.15, 0.2) is 30.5 Å². The Hall–Kier alpha value is -1.63. The first kappa shape index (κ1) is 17.2. The molecule has 0 spiro atoms. The fourth-order valence-electron chi connectivity index (χ4n) is 4.02. The SMILES string of the molecule is Cc1cc2c(cc1-c1ccc(C(C)(C)C)c[n+]1C)C(C)CCC2C. The van der Waals surface area contributed by atoms with Gasteiger partial charge < -0.3 is 0 Å². The van der Waals surface area contributed by atoms with Gasteiger partial charge in [0.15, 0.2) is 6.20 Å². The molecule has 0 bridgehead atoms. The first-order chi connectivity index (χ1) is 11.2. The van der Waals surface area contributed by atoms with Crippen LogP contribution < -0.4 is 4.57 Å². The zero-order chi connectivity index (χ0) is 17.6. The van der Waals surface area contributed by atoms with E-state index in [0.717, 1.165) is 0 Å². The maximum absolute atomic E-state index is 2.47. The summed E-state index contributed by atoms with van der Waals surface area (Å²) in [7, 11) is 2.18. The molecule has 0 saturated carbocycles. The summed E-state index contributed by atoms with van der Waals surface area (Å²) in [5, 5.41) is 0. The number of aromatic nitrogens is 1. The van der Waals surface area contributed by atoms with Crippen LogP contribution in [0.2, 0.25) is 0 Å². The second-order valence-corrected chi connectivity index (χ2v) is 8.84. The Balaban J connectivity index is 2.12. The van der Waals surface area contributed by atoms with Gasteiger partial charge >= 0.3 is 0 Å². The van der Waals surface area contributed by atoms with Crippen molar-refractivity contribution in [3.05, 3.63) is 52.7 Å². The largest absolute Gasteiger partial charge is 0.212 e. The first-order valence-electron chi connectivity index (χ1n) is 9.33. The van der Waals surface area contributed by atoms with Crippen LogP contribution in [0.5, 0.6) is 0 Å². The molecule has 1 aliphatic carbocycles. The predicted molar refractivity (Wildman–Crippen MR) is 103 cm³/mol. The lowest BCUT2D eigenvalue weighted by Crippen LogP contribution is -2.33. The third-order valence-electron chi connectivity index (χ3n) is 5.80. The molecule has 0 radical (unpaired) electrons. The Kier molecular flexibility index (Phi) is 4.32. The van der Waals surface area contributed by atoms with E-state index in [4.69, 9.17) is 0 Å². The van der Waals surface area contributed by atoms with E-state index in [1.807, 2.05) is 0 Å². The van der Waals surface area contributed by atoms with E-state index < -0.39 is 0 Å². The van der Waals surface area contributed by atoms with Crippen LogP contribution in [-0.2, 0) is 12.5 Å². The van der Waals surface area contributed by atoms with Gasteiger partial charge in [0.05, 0.1) is 0 Å². The molecule has 1 aromatic carbocycles. The van der Waals surface area contributed by atoms with Crippen molar-refractivity contribution in [3.8, 4) is 11.3 Å². The topological polar surface area (TPSA) is 3.88 Å². The zero-order valence-electron chi connectivity index (χ0n) is 16.4. The normalized spacial score (nSPS) is 20.8. The van der Waals surface area contributed by atoms with Crippen LogP contribution in [0.4, 0.5) is 0 Å². The molecule has 1 heteroatoms. The molecular formula is C23H32N+. The van der Waals surface area contributed by atoms with Crippen molar-refractivity contribution in [2.24, 2.45) is 7.05 Å². The van der Waals surface area contributed by atoms with Crippen LogP contribution in [-0.4, -0.2) is 0 Å². The smallest absolute Gasteiger partial charge is 0.201 e. The van der Waals surface area contributed by atoms with Gasteiger partial charge in [-0.2, -0.15) is 0 Å². The van der Waals surface area contributed by atoms with Crippen molar-refractivity contribution in [3.63, 3.8) is 0 Å². The van der Waals surface area contributed by atoms with Gasteiger partial charge in [-0.05, 0) is 65.8 Å². The van der Waals surface area contributed by atoms with E-state index in [2.05, 4.69) is 83.6 Å². The second-order valence-electron chi connectivity index (χ2n) is 8.84. The molecule has 0 amide bonds. The van der Waals surface area contributed by atoms with E-state index in [1.165, 1.54) is 35.2 Å². The highest BCUT2D eigenvalue weighted by molar-refractivity contribution is 5.64. The fraction of sp³-hybridized carbons (Fsp3) is 0.522. The highest BCUT2D eigenvalue weighted by atomic mass is 14.9. The molecule has 1 heterocycles. The first-order valence-corrected chi connectivity index (χ1v) is 9.33. The van der Waals surface area contributed by atoms with Crippen LogP contribution >= 0.6 is 0 Å². The quantitative estimate of drug-likeness (QED) is 0.585. The van der Waals surface area contributed by atoms with Gasteiger partial charge in [-0.15, -0.1) is 0 Å². The highest BCUT2D eigenvalue weighted by Crippen LogP contribution is 2.41. The Morgan fingerprint density at radius 1 is 0.958 bits per heavy atom. The average molecular weight is 323 g/mol. The Morgan fingerprint density at radius 3 is 2.08 bits per heavy atom. The molecule has 2 atom stereocenters. The second kappa shape index (κ2) is 6.02. The molecule has 128 valence electrons. The van der Waals surface area contributed by atoms with Crippen molar-refractivity contribution in [1.29, 1.82) is 0 Å². The van der Waals surface area contributed by atoms with Gasteiger partial charge in [-0.25, -0.2) is 4.57 Å². The van der Waals surface area contributed by atoms with Crippen molar-refractivity contribution < 1.29 is 4.57 Å². The molecule has 3 rings (SSSR count). The minimum atomic E-state index is 0.186. The lowest BCUT2D eigenvalue weighted by atomic mass is 9.76. The van der Waals surface area contributed by atoms with Gasteiger partial charge in [-0.1, -0.05) is 40.7 Å². The molecular weight excluding hydrogens is 290 g/mol. The molecule has 24 heavy (non-hydrogen) atoms. The lowest BCUT2D eigenvalue weighted by Gasteiger charge is -2.28. The minimum absolute atomic E-state index is 0.186. The Morgan fingerprint density at radius 2 is 1.54 bits per heavy atom. The number of rotatable bonds is 1. The van der Waals surface area contributed by atoms with Crippen molar-refractivity contribution in [2.75, 3.05) is 0 Å².